The molecule has 2 rings (SSSR count). The van der Waals surface area contributed by atoms with Crippen molar-refractivity contribution in [2.45, 2.75) is 26.4 Å². The third-order valence-corrected chi connectivity index (χ3v) is 3.58. The lowest BCUT2D eigenvalue weighted by molar-refractivity contribution is 0.0529. The van der Waals surface area contributed by atoms with Gasteiger partial charge in [-0.05, 0) is 56.7 Å². The first-order valence-electron chi connectivity index (χ1n) is 8.36. The summed E-state index contributed by atoms with van der Waals surface area (Å²) in [7, 11) is 1.45. The number of ether oxygens (including phenoxy) is 3. The van der Waals surface area contributed by atoms with Crippen LogP contribution in [0.15, 0.2) is 47.6 Å². The Kier molecular flexibility index (Phi) is 7.00. The van der Waals surface area contributed by atoms with Gasteiger partial charge in [-0.25, -0.2) is 15.0 Å². The number of carbonyl (C=O) groups excluding carboxylic acids is 2. The van der Waals surface area contributed by atoms with Gasteiger partial charge in [0.15, 0.2) is 11.5 Å². The van der Waals surface area contributed by atoms with Crippen molar-refractivity contribution in [3.8, 4) is 11.5 Å². The Bertz CT molecular complexity index is 890. The predicted molar refractivity (Wildman–Crippen MR) is 106 cm³/mol. The summed E-state index contributed by atoms with van der Waals surface area (Å²) in [6.07, 6.45) is 0.743. The van der Waals surface area contributed by atoms with Gasteiger partial charge in [-0.1, -0.05) is 23.7 Å². The number of benzene rings is 2. The number of esters is 1. The first kappa shape index (κ1) is 21.2. The molecule has 0 aromatic heterocycles. The van der Waals surface area contributed by atoms with Crippen LogP contribution in [0.1, 0.15) is 36.7 Å². The predicted octanol–water partition coefficient (Wildman–Crippen LogP) is 4.43. The van der Waals surface area contributed by atoms with E-state index in [0.29, 0.717) is 16.3 Å². The van der Waals surface area contributed by atoms with Crippen LogP contribution >= 0.6 is 11.6 Å². The molecule has 1 N–H and O–H groups in total. The molecule has 0 saturated heterocycles. The van der Waals surface area contributed by atoms with E-state index in [0.717, 1.165) is 0 Å². The fourth-order valence-electron chi connectivity index (χ4n) is 2.09. The number of hydrogen-bond acceptors (Lipinski definition) is 6. The van der Waals surface area contributed by atoms with E-state index in [4.69, 9.17) is 25.8 Å². The van der Waals surface area contributed by atoms with E-state index in [1.165, 1.54) is 13.3 Å². The summed E-state index contributed by atoms with van der Waals surface area (Å²) >= 11 is 6.01. The molecule has 0 fully saturated rings. The Balaban J connectivity index is 2.07. The molecular formula is C20H21ClN2O5. The third-order valence-electron chi connectivity index (χ3n) is 3.25. The standard InChI is InChI=1S/C20H21ClN2O5/c1-20(2,3)28-19(25)23-22-12-13-9-10-16(17(11-13)26-4)27-18(24)14-7-5-6-8-15(14)21/h5-12H,1-4H3,(H,23,25)/b22-12+. The van der Waals surface area contributed by atoms with Crippen molar-refractivity contribution in [1.29, 1.82) is 0 Å². The summed E-state index contributed by atoms with van der Waals surface area (Å²) in [5.74, 6) is -0.0526. The minimum Gasteiger partial charge on any atom is -0.493 e. The first-order chi connectivity index (χ1) is 13.2. The molecule has 0 aliphatic rings. The summed E-state index contributed by atoms with van der Waals surface area (Å²) in [6.45, 7) is 5.26. The van der Waals surface area contributed by atoms with Crippen LogP contribution in [0.3, 0.4) is 0 Å². The quantitative estimate of drug-likeness (QED) is 0.345. The van der Waals surface area contributed by atoms with Gasteiger partial charge in [0.25, 0.3) is 0 Å². The van der Waals surface area contributed by atoms with Gasteiger partial charge in [-0.3, -0.25) is 0 Å². The van der Waals surface area contributed by atoms with Crippen molar-refractivity contribution in [1.82, 2.24) is 5.43 Å². The SMILES string of the molecule is COc1cc(/C=N/NC(=O)OC(C)(C)C)ccc1OC(=O)c1ccccc1Cl. The molecule has 2 aromatic rings. The Hall–Kier alpha value is -3.06. The molecule has 8 heteroatoms. The van der Waals surface area contributed by atoms with E-state index in [1.54, 1.807) is 63.2 Å². The second kappa shape index (κ2) is 9.23. The second-order valence-electron chi connectivity index (χ2n) is 6.65. The Morgan fingerprint density at radius 3 is 2.46 bits per heavy atom. The second-order valence-corrected chi connectivity index (χ2v) is 7.06. The van der Waals surface area contributed by atoms with Gasteiger partial charge in [0.2, 0.25) is 0 Å². The van der Waals surface area contributed by atoms with Crippen LogP contribution in [-0.4, -0.2) is 31.0 Å². The Labute approximate surface area is 168 Å². The third kappa shape index (κ3) is 6.28. The Morgan fingerprint density at radius 1 is 1.11 bits per heavy atom. The molecule has 0 aliphatic heterocycles. The van der Waals surface area contributed by atoms with Crippen LogP contribution in [0.2, 0.25) is 5.02 Å². The highest BCUT2D eigenvalue weighted by molar-refractivity contribution is 6.33. The molecule has 0 aliphatic carbocycles. The van der Waals surface area contributed by atoms with E-state index in [2.05, 4.69) is 10.5 Å². The summed E-state index contributed by atoms with van der Waals surface area (Å²) in [5, 5.41) is 4.12. The largest absolute Gasteiger partial charge is 0.493 e. The zero-order chi connectivity index (χ0) is 20.7. The van der Waals surface area contributed by atoms with E-state index >= 15 is 0 Å². The Morgan fingerprint density at radius 2 is 1.82 bits per heavy atom. The van der Waals surface area contributed by atoms with Gasteiger partial charge in [0.1, 0.15) is 5.60 Å². The lowest BCUT2D eigenvalue weighted by atomic mass is 10.2. The number of amides is 1. The van der Waals surface area contributed by atoms with Crippen LogP contribution in [0, 0.1) is 0 Å². The minimum atomic E-state index is -0.666. The number of halogens is 1. The maximum absolute atomic E-state index is 12.3. The van der Waals surface area contributed by atoms with Crippen molar-refractivity contribution in [3.05, 3.63) is 58.6 Å². The fourth-order valence-corrected chi connectivity index (χ4v) is 2.30. The van der Waals surface area contributed by atoms with E-state index in [-0.39, 0.29) is 11.3 Å². The summed E-state index contributed by atoms with van der Waals surface area (Å²) in [5.41, 5.74) is 2.52. The van der Waals surface area contributed by atoms with Crippen molar-refractivity contribution in [3.63, 3.8) is 0 Å². The van der Waals surface area contributed by atoms with E-state index in [9.17, 15) is 9.59 Å². The minimum absolute atomic E-state index is 0.227. The molecule has 2 aromatic carbocycles. The van der Waals surface area contributed by atoms with Gasteiger partial charge in [0, 0.05) is 0 Å². The van der Waals surface area contributed by atoms with Crippen LogP contribution < -0.4 is 14.9 Å². The molecule has 0 unspecified atom stereocenters. The molecule has 28 heavy (non-hydrogen) atoms. The maximum atomic E-state index is 12.3. The van der Waals surface area contributed by atoms with Gasteiger partial charge in [-0.15, -0.1) is 0 Å². The van der Waals surface area contributed by atoms with Crippen LogP contribution in [0.5, 0.6) is 11.5 Å². The lowest BCUT2D eigenvalue weighted by Gasteiger charge is -2.18. The van der Waals surface area contributed by atoms with Crippen molar-refractivity contribution in [2.75, 3.05) is 7.11 Å². The van der Waals surface area contributed by atoms with Crippen LogP contribution in [-0.2, 0) is 4.74 Å². The smallest absolute Gasteiger partial charge is 0.428 e. The van der Waals surface area contributed by atoms with E-state index in [1.807, 2.05) is 0 Å². The highest BCUT2D eigenvalue weighted by Crippen LogP contribution is 2.29. The first-order valence-corrected chi connectivity index (χ1v) is 8.74. The van der Waals surface area contributed by atoms with Gasteiger partial charge >= 0.3 is 12.1 Å². The number of methoxy groups -OCH3 is 1. The molecule has 7 nitrogen and oxygen atoms in total. The highest BCUT2D eigenvalue weighted by Gasteiger charge is 2.16. The van der Waals surface area contributed by atoms with E-state index < -0.39 is 17.7 Å². The lowest BCUT2D eigenvalue weighted by Crippen LogP contribution is -2.29. The molecule has 0 bridgehead atoms. The summed E-state index contributed by atoms with van der Waals surface area (Å²) in [4.78, 5) is 23.9. The zero-order valence-corrected chi connectivity index (χ0v) is 16.7. The number of hydrazone groups is 1. The van der Waals surface area contributed by atoms with Gasteiger partial charge < -0.3 is 14.2 Å². The van der Waals surface area contributed by atoms with Crippen LogP contribution in [0.4, 0.5) is 4.79 Å². The summed E-state index contributed by atoms with van der Waals surface area (Å²) < 4.78 is 15.7. The molecule has 0 atom stereocenters. The molecule has 148 valence electrons. The van der Waals surface area contributed by atoms with Crippen molar-refractivity contribution >= 4 is 29.9 Å². The highest BCUT2D eigenvalue weighted by atomic mass is 35.5. The number of carbonyl (C=O) groups is 2. The topological polar surface area (TPSA) is 86.2 Å². The number of nitrogens with zero attached hydrogens (tertiary/aromatic N) is 1. The average molecular weight is 405 g/mol. The monoisotopic (exact) mass is 404 g/mol. The van der Waals surface area contributed by atoms with Crippen molar-refractivity contribution < 1.29 is 23.8 Å². The molecule has 0 saturated carbocycles. The number of nitrogens with one attached hydrogen (secondary N) is 1. The maximum Gasteiger partial charge on any atom is 0.428 e. The molecule has 0 radical (unpaired) electrons. The molecule has 0 heterocycles. The molecule has 0 spiro atoms. The summed E-state index contributed by atoms with van der Waals surface area (Å²) in [6, 6.07) is 11.4. The van der Waals surface area contributed by atoms with Crippen LogP contribution in [0.25, 0.3) is 0 Å². The molecular weight excluding hydrogens is 384 g/mol. The van der Waals surface area contributed by atoms with Gasteiger partial charge in [-0.2, -0.15) is 5.10 Å². The zero-order valence-electron chi connectivity index (χ0n) is 16.0. The average Bonchev–Trinajstić information content (AvgIpc) is 2.61. The fraction of sp³-hybridized carbons (Fsp3) is 0.250. The number of rotatable bonds is 5. The normalized spacial score (nSPS) is 11.2. The van der Waals surface area contributed by atoms with Gasteiger partial charge in [0.05, 0.1) is 23.9 Å². The van der Waals surface area contributed by atoms with Crippen molar-refractivity contribution in [2.24, 2.45) is 5.10 Å². The molecule has 1 amide bonds. The number of hydrogen-bond donors (Lipinski definition) is 1.